The molecule has 1 heterocycles. The molecule has 1 aromatic carbocycles. The molecular weight excluding hydrogens is 259 g/mol. The Morgan fingerprint density at radius 1 is 1.35 bits per heavy atom. The first kappa shape index (κ1) is 12.3. The molecule has 0 aliphatic carbocycles. The Bertz CT molecular complexity index is 537. The lowest BCUT2D eigenvalue weighted by Crippen LogP contribution is -1.96. The van der Waals surface area contributed by atoms with Crippen molar-refractivity contribution < 1.29 is 4.74 Å². The molecule has 17 heavy (non-hydrogen) atoms. The molecule has 0 fully saturated rings. The number of benzene rings is 1. The topological polar surface area (TPSA) is 27.1 Å². The quantitative estimate of drug-likeness (QED) is 0.852. The lowest BCUT2D eigenvalue weighted by molar-refractivity contribution is 0.304. The van der Waals surface area contributed by atoms with E-state index in [1.165, 1.54) is 0 Å². The Hall–Kier alpha value is -1.19. The van der Waals surface area contributed by atoms with Crippen LogP contribution in [0.15, 0.2) is 24.4 Å². The van der Waals surface area contributed by atoms with Crippen LogP contribution in [-0.4, -0.2) is 9.78 Å². The highest BCUT2D eigenvalue weighted by Crippen LogP contribution is 2.23. The van der Waals surface area contributed by atoms with Gasteiger partial charge in [0.05, 0.1) is 6.20 Å². The van der Waals surface area contributed by atoms with E-state index in [4.69, 9.17) is 27.9 Å². The average molecular weight is 271 g/mol. The van der Waals surface area contributed by atoms with E-state index in [-0.39, 0.29) is 0 Å². The van der Waals surface area contributed by atoms with Crippen LogP contribution in [0.2, 0.25) is 10.0 Å². The van der Waals surface area contributed by atoms with Crippen LogP contribution in [0, 0.1) is 6.92 Å². The van der Waals surface area contributed by atoms with Gasteiger partial charge in [0.1, 0.15) is 12.3 Å². The highest BCUT2D eigenvalue weighted by atomic mass is 35.5. The molecule has 0 spiro atoms. The maximum Gasteiger partial charge on any atom is 0.160 e. The van der Waals surface area contributed by atoms with Gasteiger partial charge in [-0.1, -0.05) is 23.2 Å². The molecule has 0 saturated carbocycles. The Morgan fingerprint density at radius 2 is 2.12 bits per heavy atom. The predicted molar refractivity (Wildman–Crippen MR) is 68.7 cm³/mol. The summed E-state index contributed by atoms with van der Waals surface area (Å²) >= 11 is 12.0. The van der Waals surface area contributed by atoms with Crippen LogP contribution < -0.4 is 4.74 Å². The number of ether oxygens (including phenoxy) is 1. The van der Waals surface area contributed by atoms with Gasteiger partial charge < -0.3 is 4.74 Å². The summed E-state index contributed by atoms with van der Waals surface area (Å²) in [4.78, 5) is 0. The maximum absolute atomic E-state index is 6.05. The van der Waals surface area contributed by atoms with Gasteiger partial charge in [0.15, 0.2) is 5.75 Å². The largest absolute Gasteiger partial charge is 0.485 e. The van der Waals surface area contributed by atoms with Crippen molar-refractivity contribution in [2.45, 2.75) is 13.5 Å². The zero-order chi connectivity index (χ0) is 12.4. The number of hydrogen-bond donors (Lipinski definition) is 0. The van der Waals surface area contributed by atoms with Gasteiger partial charge >= 0.3 is 0 Å². The lowest BCUT2D eigenvalue weighted by Gasteiger charge is -2.06. The van der Waals surface area contributed by atoms with Crippen LogP contribution in [0.4, 0.5) is 0 Å². The van der Waals surface area contributed by atoms with Gasteiger partial charge in [0, 0.05) is 22.7 Å². The number of aromatic nitrogens is 2. The van der Waals surface area contributed by atoms with Crippen molar-refractivity contribution in [3.8, 4) is 5.75 Å². The molecule has 3 nitrogen and oxygen atoms in total. The second-order valence-corrected chi connectivity index (χ2v) is 4.62. The van der Waals surface area contributed by atoms with Crippen LogP contribution in [0.1, 0.15) is 11.3 Å². The summed E-state index contributed by atoms with van der Waals surface area (Å²) in [5.74, 6) is 0.753. The molecule has 0 N–H and O–H groups in total. The van der Waals surface area contributed by atoms with E-state index in [1.807, 2.05) is 20.2 Å². The van der Waals surface area contributed by atoms with E-state index in [0.29, 0.717) is 16.7 Å². The normalized spacial score (nSPS) is 10.6. The highest BCUT2D eigenvalue weighted by molar-refractivity contribution is 6.33. The SMILES string of the molecule is Cc1nn(C)cc1OCc1cc(Cl)ccc1Cl. The van der Waals surface area contributed by atoms with E-state index >= 15 is 0 Å². The minimum Gasteiger partial charge on any atom is -0.485 e. The minimum atomic E-state index is 0.381. The molecule has 2 aromatic rings. The lowest BCUT2D eigenvalue weighted by atomic mass is 10.2. The van der Waals surface area contributed by atoms with Crippen LogP contribution in [-0.2, 0) is 13.7 Å². The van der Waals surface area contributed by atoms with E-state index in [1.54, 1.807) is 22.9 Å². The van der Waals surface area contributed by atoms with Crippen LogP contribution >= 0.6 is 23.2 Å². The van der Waals surface area contributed by atoms with Gasteiger partial charge in [0.25, 0.3) is 0 Å². The third-order valence-corrected chi connectivity index (χ3v) is 2.96. The second kappa shape index (κ2) is 4.98. The first-order chi connectivity index (χ1) is 8.06. The molecular formula is C12H12Cl2N2O. The molecule has 0 radical (unpaired) electrons. The minimum absolute atomic E-state index is 0.381. The summed E-state index contributed by atoms with van der Waals surface area (Å²) in [6, 6.07) is 5.32. The smallest absolute Gasteiger partial charge is 0.160 e. The number of halogens is 2. The fraction of sp³-hybridized carbons (Fsp3) is 0.250. The summed E-state index contributed by atoms with van der Waals surface area (Å²) in [5.41, 5.74) is 1.72. The molecule has 0 atom stereocenters. The first-order valence-corrected chi connectivity index (χ1v) is 5.89. The van der Waals surface area contributed by atoms with E-state index < -0.39 is 0 Å². The molecule has 0 bridgehead atoms. The van der Waals surface area contributed by atoms with Gasteiger partial charge in [-0.15, -0.1) is 0 Å². The van der Waals surface area contributed by atoms with Crippen LogP contribution in [0.5, 0.6) is 5.75 Å². The Kier molecular flexibility index (Phi) is 3.60. The van der Waals surface area contributed by atoms with Gasteiger partial charge in [-0.2, -0.15) is 5.10 Å². The second-order valence-electron chi connectivity index (χ2n) is 3.78. The molecule has 90 valence electrons. The fourth-order valence-corrected chi connectivity index (χ4v) is 1.90. The van der Waals surface area contributed by atoms with Crippen molar-refractivity contribution in [3.05, 3.63) is 45.7 Å². The van der Waals surface area contributed by atoms with E-state index in [9.17, 15) is 0 Å². The molecule has 2 rings (SSSR count). The summed E-state index contributed by atoms with van der Waals surface area (Å²) in [7, 11) is 1.85. The maximum atomic E-state index is 6.05. The zero-order valence-corrected chi connectivity index (χ0v) is 11.1. The number of aryl methyl sites for hydroxylation is 2. The third-order valence-electron chi connectivity index (χ3n) is 2.36. The summed E-state index contributed by atoms with van der Waals surface area (Å²) in [6.07, 6.45) is 1.83. The molecule has 0 saturated heterocycles. The standard InChI is InChI=1S/C12H12Cl2N2O/c1-8-12(6-16(2)15-8)17-7-9-5-10(13)3-4-11(9)14/h3-6H,7H2,1-2H3. The van der Waals surface area contributed by atoms with Gasteiger partial charge in [-0.3, -0.25) is 4.68 Å². The van der Waals surface area contributed by atoms with Crippen molar-refractivity contribution in [1.82, 2.24) is 9.78 Å². The van der Waals surface area contributed by atoms with Crippen molar-refractivity contribution in [2.24, 2.45) is 7.05 Å². The third kappa shape index (κ3) is 2.93. The highest BCUT2D eigenvalue weighted by Gasteiger charge is 2.06. The van der Waals surface area contributed by atoms with Gasteiger partial charge in [-0.25, -0.2) is 0 Å². The molecule has 5 heteroatoms. The van der Waals surface area contributed by atoms with Crippen LogP contribution in [0.25, 0.3) is 0 Å². The molecule has 0 aliphatic heterocycles. The first-order valence-electron chi connectivity index (χ1n) is 5.13. The monoisotopic (exact) mass is 270 g/mol. The van der Waals surface area contributed by atoms with Gasteiger partial charge in [-0.05, 0) is 25.1 Å². The molecule has 1 aromatic heterocycles. The Balaban J connectivity index is 2.12. The predicted octanol–water partition coefficient (Wildman–Crippen LogP) is 3.61. The zero-order valence-electron chi connectivity index (χ0n) is 9.58. The molecule has 0 unspecified atom stereocenters. The number of hydrogen-bond acceptors (Lipinski definition) is 2. The van der Waals surface area contributed by atoms with E-state index in [0.717, 1.165) is 17.0 Å². The summed E-state index contributed by atoms with van der Waals surface area (Å²) in [6.45, 7) is 2.28. The summed E-state index contributed by atoms with van der Waals surface area (Å²) < 4.78 is 7.37. The van der Waals surface area contributed by atoms with E-state index in [2.05, 4.69) is 5.10 Å². The average Bonchev–Trinajstić information content (AvgIpc) is 2.59. The van der Waals surface area contributed by atoms with Crippen molar-refractivity contribution >= 4 is 23.2 Å². The van der Waals surface area contributed by atoms with Crippen molar-refractivity contribution in [1.29, 1.82) is 0 Å². The molecule has 0 amide bonds. The van der Waals surface area contributed by atoms with Crippen LogP contribution in [0.3, 0.4) is 0 Å². The fourth-order valence-electron chi connectivity index (χ4n) is 1.53. The van der Waals surface area contributed by atoms with Crippen molar-refractivity contribution in [2.75, 3.05) is 0 Å². The number of nitrogens with zero attached hydrogens (tertiary/aromatic N) is 2. The van der Waals surface area contributed by atoms with Crippen molar-refractivity contribution in [3.63, 3.8) is 0 Å². The number of rotatable bonds is 3. The Morgan fingerprint density at radius 3 is 2.76 bits per heavy atom. The summed E-state index contributed by atoms with van der Waals surface area (Å²) in [5, 5.41) is 5.49. The Labute approximate surface area is 110 Å². The van der Waals surface area contributed by atoms with Gasteiger partial charge in [0.2, 0.25) is 0 Å². The molecule has 0 aliphatic rings.